The maximum atomic E-state index is 5.35. The molecule has 1 aliphatic heterocycles. The average molecular weight is 361 g/mol. The van der Waals surface area contributed by atoms with Crippen molar-refractivity contribution >= 4 is 16.7 Å². The number of aromatic nitrogens is 6. The second kappa shape index (κ2) is 6.17. The fourth-order valence-corrected chi connectivity index (χ4v) is 3.36. The lowest BCUT2D eigenvalue weighted by Crippen LogP contribution is -2.52. The minimum absolute atomic E-state index is 0.287. The van der Waals surface area contributed by atoms with Crippen LogP contribution in [0.1, 0.15) is 0 Å². The third kappa shape index (κ3) is 2.74. The lowest BCUT2D eigenvalue weighted by atomic mass is 10.1. The largest absolute Gasteiger partial charge is 0.378 e. The minimum atomic E-state index is 0.287. The van der Waals surface area contributed by atoms with E-state index in [1.54, 1.807) is 11.8 Å². The normalized spacial score (nSPS) is 14.7. The van der Waals surface area contributed by atoms with Crippen LogP contribution in [-0.4, -0.2) is 56.2 Å². The first-order chi connectivity index (χ1) is 13.2. The molecule has 4 aromatic heterocycles. The molecular formula is C19H19N7O. The minimum Gasteiger partial charge on any atom is -0.378 e. The van der Waals surface area contributed by atoms with Crippen molar-refractivity contribution in [1.82, 2.24) is 29.9 Å². The average Bonchev–Trinajstić information content (AvgIpc) is 3.27. The number of rotatable bonds is 4. The molecule has 1 aliphatic rings. The number of H-pyrrole nitrogens is 1. The standard InChI is InChI=1S/C19H19N7O/c1-25-9-13(7-22-25)16-6-15-17(8-21-16)23-24-19(15)12-3-4-20-18(5-12)26-10-14(11-26)27-2/h3-9,14H,10-11H2,1-2H3,(H,23,24). The van der Waals surface area contributed by atoms with Gasteiger partial charge in [-0.15, -0.1) is 0 Å². The summed E-state index contributed by atoms with van der Waals surface area (Å²) in [7, 11) is 3.64. The van der Waals surface area contributed by atoms with Gasteiger partial charge in [-0.1, -0.05) is 0 Å². The van der Waals surface area contributed by atoms with Gasteiger partial charge in [0.15, 0.2) is 0 Å². The number of pyridine rings is 2. The number of nitrogens with zero attached hydrogens (tertiary/aromatic N) is 6. The van der Waals surface area contributed by atoms with Gasteiger partial charge in [0.25, 0.3) is 0 Å². The lowest BCUT2D eigenvalue weighted by Gasteiger charge is -2.39. The van der Waals surface area contributed by atoms with E-state index in [0.29, 0.717) is 0 Å². The highest BCUT2D eigenvalue weighted by molar-refractivity contribution is 5.94. The molecule has 0 spiro atoms. The Labute approximate surface area is 155 Å². The van der Waals surface area contributed by atoms with Crippen LogP contribution < -0.4 is 4.90 Å². The van der Waals surface area contributed by atoms with E-state index in [1.807, 2.05) is 37.9 Å². The quantitative estimate of drug-likeness (QED) is 0.600. The first kappa shape index (κ1) is 16.0. The van der Waals surface area contributed by atoms with E-state index in [2.05, 4.69) is 42.3 Å². The molecule has 0 aromatic carbocycles. The van der Waals surface area contributed by atoms with Gasteiger partial charge in [0.1, 0.15) is 11.5 Å². The van der Waals surface area contributed by atoms with Gasteiger partial charge < -0.3 is 9.64 Å². The molecule has 8 heteroatoms. The van der Waals surface area contributed by atoms with Gasteiger partial charge in [-0.2, -0.15) is 10.2 Å². The van der Waals surface area contributed by atoms with Crippen molar-refractivity contribution in [2.45, 2.75) is 6.10 Å². The predicted molar refractivity (Wildman–Crippen MR) is 102 cm³/mol. The van der Waals surface area contributed by atoms with Crippen molar-refractivity contribution in [2.75, 3.05) is 25.1 Å². The van der Waals surface area contributed by atoms with Crippen LogP contribution in [0, 0.1) is 0 Å². The Morgan fingerprint density at radius 1 is 1.15 bits per heavy atom. The Morgan fingerprint density at radius 3 is 2.81 bits per heavy atom. The summed E-state index contributed by atoms with van der Waals surface area (Å²) in [4.78, 5) is 11.2. The first-order valence-electron chi connectivity index (χ1n) is 8.78. The van der Waals surface area contributed by atoms with Crippen LogP contribution in [-0.2, 0) is 11.8 Å². The number of ether oxygens (including phenoxy) is 1. The Hall–Kier alpha value is -3.26. The van der Waals surface area contributed by atoms with E-state index < -0.39 is 0 Å². The summed E-state index contributed by atoms with van der Waals surface area (Å²) in [5.41, 5.74) is 4.67. The Morgan fingerprint density at radius 2 is 2.04 bits per heavy atom. The van der Waals surface area contributed by atoms with Crippen LogP contribution in [0.2, 0.25) is 0 Å². The molecule has 0 amide bonds. The van der Waals surface area contributed by atoms with E-state index in [1.165, 1.54) is 0 Å². The van der Waals surface area contributed by atoms with Crippen LogP contribution in [0.4, 0.5) is 5.82 Å². The van der Waals surface area contributed by atoms with Crippen LogP contribution in [0.25, 0.3) is 33.4 Å². The lowest BCUT2D eigenvalue weighted by molar-refractivity contribution is 0.0783. The number of hydrogen-bond donors (Lipinski definition) is 1. The number of aromatic amines is 1. The molecule has 0 radical (unpaired) electrons. The number of anilines is 1. The number of methoxy groups -OCH3 is 1. The van der Waals surface area contributed by atoms with Gasteiger partial charge in [-0.05, 0) is 18.2 Å². The molecule has 0 aliphatic carbocycles. The highest BCUT2D eigenvalue weighted by Crippen LogP contribution is 2.31. The van der Waals surface area contributed by atoms with Gasteiger partial charge in [0, 0.05) is 56.2 Å². The van der Waals surface area contributed by atoms with Crippen molar-refractivity contribution in [3.8, 4) is 22.5 Å². The van der Waals surface area contributed by atoms with Crippen molar-refractivity contribution in [1.29, 1.82) is 0 Å². The van der Waals surface area contributed by atoms with Gasteiger partial charge in [-0.3, -0.25) is 14.8 Å². The van der Waals surface area contributed by atoms with Gasteiger partial charge in [-0.25, -0.2) is 4.98 Å². The fourth-order valence-electron chi connectivity index (χ4n) is 3.36. The molecule has 5 heterocycles. The molecule has 136 valence electrons. The Kier molecular flexibility index (Phi) is 3.64. The summed E-state index contributed by atoms with van der Waals surface area (Å²) >= 11 is 0. The number of hydrogen-bond acceptors (Lipinski definition) is 6. The molecule has 27 heavy (non-hydrogen) atoms. The van der Waals surface area contributed by atoms with E-state index >= 15 is 0 Å². The van der Waals surface area contributed by atoms with E-state index in [4.69, 9.17) is 4.74 Å². The van der Waals surface area contributed by atoms with E-state index in [0.717, 1.165) is 52.3 Å². The number of fused-ring (bicyclic) bond motifs is 1. The van der Waals surface area contributed by atoms with Crippen molar-refractivity contribution in [2.24, 2.45) is 7.05 Å². The van der Waals surface area contributed by atoms with Crippen molar-refractivity contribution in [3.05, 3.63) is 43.0 Å². The maximum absolute atomic E-state index is 5.35. The van der Waals surface area contributed by atoms with Crippen LogP contribution in [0.3, 0.4) is 0 Å². The second-order valence-electron chi connectivity index (χ2n) is 6.76. The molecule has 1 fully saturated rings. The molecule has 0 bridgehead atoms. The Bertz CT molecular complexity index is 1110. The van der Waals surface area contributed by atoms with Crippen LogP contribution in [0.15, 0.2) is 43.0 Å². The molecule has 0 saturated carbocycles. The van der Waals surface area contributed by atoms with Crippen LogP contribution >= 0.6 is 0 Å². The summed E-state index contributed by atoms with van der Waals surface area (Å²) in [6.45, 7) is 1.73. The third-order valence-corrected chi connectivity index (χ3v) is 4.97. The smallest absolute Gasteiger partial charge is 0.129 e. The van der Waals surface area contributed by atoms with Gasteiger partial charge in [0.05, 0.1) is 29.7 Å². The van der Waals surface area contributed by atoms with Crippen molar-refractivity contribution < 1.29 is 4.74 Å². The van der Waals surface area contributed by atoms with Crippen LogP contribution in [0.5, 0.6) is 0 Å². The van der Waals surface area contributed by atoms with E-state index in [9.17, 15) is 0 Å². The highest BCUT2D eigenvalue weighted by atomic mass is 16.5. The summed E-state index contributed by atoms with van der Waals surface area (Å²) in [5, 5.41) is 12.9. The summed E-state index contributed by atoms with van der Waals surface area (Å²) in [6.07, 6.45) is 7.70. The van der Waals surface area contributed by atoms with Gasteiger partial charge >= 0.3 is 0 Å². The molecule has 1 saturated heterocycles. The molecule has 0 atom stereocenters. The number of aryl methyl sites for hydroxylation is 1. The monoisotopic (exact) mass is 361 g/mol. The summed E-state index contributed by atoms with van der Waals surface area (Å²) in [6, 6.07) is 6.11. The fraction of sp³-hybridized carbons (Fsp3) is 0.263. The predicted octanol–water partition coefficient (Wildman–Crippen LogP) is 2.26. The summed E-state index contributed by atoms with van der Waals surface area (Å²) in [5.74, 6) is 0.943. The Balaban J connectivity index is 1.53. The topological polar surface area (TPSA) is 84.8 Å². The number of nitrogens with one attached hydrogen (secondary N) is 1. The molecular weight excluding hydrogens is 342 g/mol. The zero-order valence-electron chi connectivity index (χ0n) is 15.1. The second-order valence-corrected chi connectivity index (χ2v) is 6.76. The zero-order chi connectivity index (χ0) is 18.4. The molecule has 5 rings (SSSR count). The van der Waals surface area contributed by atoms with Crippen molar-refractivity contribution in [3.63, 3.8) is 0 Å². The van der Waals surface area contributed by atoms with E-state index in [-0.39, 0.29) is 6.10 Å². The molecule has 4 aromatic rings. The third-order valence-electron chi connectivity index (χ3n) is 4.97. The molecule has 8 nitrogen and oxygen atoms in total. The van der Waals surface area contributed by atoms with Gasteiger partial charge in [0.2, 0.25) is 0 Å². The maximum Gasteiger partial charge on any atom is 0.129 e. The molecule has 1 N–H and O–H groups in total. The summed E-state index contributed by atoms with van der Waals surface area (Å²) < 4.78 is 7.13. The SMILES string of the molecule is COC1CN(c2cc(-c3n[nH]c4cnc(-c5cnn(C)c5)cc34)ccn2)C1. The zero-order valence-corrected chi connectivity index (χ0v) is 15.1. The highest BCUT2D eigenvalue weighted by Gasteiger charge is 2.27. The first-order valence-corrected chi connectivity index (χ1v) is 8.78. The molecule has 0 unspecified atom stereocenters.